The maximum atomic E-state index is 12.1. The molecule has 2 aromatic rings. The fourth-order valence-electron chi connectivity index (χ4n) is 2.45. The minimum Gasteiger partial charge on any atom is -0.356 e. The number of nitrogens with one attached hydrogen (secondary N) is 2. The number of rotatable bonds is 8. The summed E-state index contributed by atoms with van der Waals surface area (Å²) in [5.41, 5.74) is 1.81. The number of fused-ring (bicyclic) bond motifs is 1. The van der Waals surface area contributed by atoms with Gasteiger partial charge >= 0.3 is 0 Å². The number of carbonyl (C=O) groups is 2. The molecular formula is C17H24N4O2. The first-order chi connectivity index (χ1) is 11.1. The Hall–Kier alpha value is -2.37. The number of amides is 2. The Morgan fingerprint density at radius 3 is 2.70 bits per heavy atom. The fraction of sp³-hybridized carbons (Fsp3) is 0.471. The SMILES string of the molecule is CCCCNC(=O)Cn1c(CCNC(C)=O)nc2ccccc21. The normalized spacial score (nSPS) is 10.7. The lowest BCUT2D eigenvalue weighted by atomic mass is 10.3. The lowest BCUT2D eigenvalue weighted by Crippen LogP contribution is -2.29. The molecule has 124 valence electrons. The number of benzene rings is 1. The van der Waals surface area contributed by atoms with E-state index in [-0.39, 0.29) is 18.4 Å². The van der Waals surface area contributed by atoms with Gasteiger partial charge in [0.15, 0.2) is 0 Å². The van der Waals surface area contributed by atoms with Crippen molar-refractivity contribution in [2.24, 2.45) is 0 Å². The quantitative estimate of drug-likeness (QED) is 0.727. The molecule has 0 unspecified atom stereocenters. The lowest BCUT2D eigenvalue weighted by molar-refractivity contribution is -0.121. The largest absolute Gasteiger partial charge is 0.356 e. The molecule has 23 heavy (non-hydrogen) atoms. The second-order valence-corrected chi connectivity index (χ2v) is 5.54. The Morgan fingerprint density at radius 1 is 1.17 bits per heavy atom. The van der Waals surface area contributed by atoms with Crippen molar-refractivity contribution in [1.82, 2.24) is 20.2 Å². The number of carbonyl (C=O) groups excluding carboxylic acids is 2. The lowest BCUT2D eigenvalue weighted by Gasteiger charge is -2.10. The Balaban J connectivity index is 2.14. The van der Waals surface area contributed by atoms with Gasteiger partial charge in [-0.05, 0) is 18.6 Å². The van der Waals surface area contributed by atoms with Gasteiger partial charge in [-0.2, -0.15) is 0 Å². The summed E-state index contributed by atoms with van der Waals surface area (Å²) in [6, 6.07) is 7.76. The van der Waals surface area contributed by atoms with Gasteiger partial charge in [0, 0.05) is 26.4 Å². The van der Waals surface area contributed by atoms with E-state index in [0.717, 1.165) is 29.7 Å². The summed E-state index contributed by atoms with van der Waals surface area (Å²) in [7, 11) is 0. The van der Waals surface area contributed by atoms with Crippen molar-refractivity contribution < 1.29 is 9.59 Å². The first-order valence-corrected chi connectivity index (χ1v) is 8.07. The number of nitrogens with zero attached hydrogens (tertiary/aromatic N) is 2. The Labute approximate surface area is 136 Å². The molecule has 0 spiro atoms. The van der Waals surface area contributed by atoms with Crippen LogP contribution >= 0.6 is 0 Å². The second-order valence-electron chi connectivity index (χ2n) is 5.54. The molecule has 1 aromatic carbocycles. The summed E-state index contributed by atoms with van der Waals surface area (Å²) in [4.78, 5) is 27.7. The van der Waals surface area contributed by atoms with Crippen LogP contribution in [0.1, 0.15) is 32.5 Å². The van der Waals surface area contributed by atoms with Crippen molar-refractivity contribution in [2.45, 2.75) is 39.7 Å². The van der Waals surface area contributed by atoms with Gasteiger partial charge in [-0.1, -0.05) is 25.5 Å². The molecule has 1 heterocycles. The number of hydrogen-bond acceptors (Lipinski definition) is 3. The van der Waals surface area contributed by atoms with Crippen LogP contribution in [0.2, 0.25) is 0 Å². The third-order valence-electron chi connectivity index (χ3n) is 3.61. The molecule has 0 aliphatic heterocycles. The Morgan fingerprint density at radius 2 is 1.96 bits per heavy atom. The summed E-state index contributed by atoms with van der Waals surface area (Å²) in [6.45, 7) is 5.04. The molecule has 0 aliphatic rings. The smallest absolute Gasteiger partial charge is 0.240 e. The van der Waals surface area contributed by atoms with Crippen LogP contribution in [0.25, 0.3) is 11.0 Å². The minimum atomic E-state index is -0.0648. The average molecular weight is 316 g/mol. The summed E-state index contributed by atoms with van der Waals surface area (Å²) in [5.74, 6) is 0.734. The molecule has 0 atom stereocenters. The molecule has 6 heteroatoms. The topological polar surface area (TPSA) is 76.0 Å². The highest BCUT2D eigenvalue weighted by atomic mass is 16.2. The van der Waals surface area contributed by atoms with Gasteiger partial charge in [0.25, 0.3) is 0 Å². The van der Waals surface area contributed by atoms with E-state index in [1.807, 2.05) is 28.8 Å². The third kappa shape index (κ3) is 4.81. The molecule has 6 nitrogen and oxygen atoms in total. The van der Waals surface area contributed by atoms with Gasteiger partial charge in [-0.25, -0.2) is 4.98 Å². The average Bonchev–Trinajstić information content (AvgIpc) is 2.85. The predicted molar refractivity (Wildman–Crippen MR) is 90.0 cm³/mol. The number of para-hydroxylation sites is 2. The predicted octanol–water partition coefficient (Wildman–Crippen LogP) is 1.63. The van der Waals surface area contributed by atoms with Crippen molar-refractivity contribution in [1.29, 1.82) is 0 Å². The minimum absolute atomic E-state index is 0.0117. The molecule has 0 bridgehead atoms. The van der Waals surface area contributed by atoms with Crippen LogP contribution in [0.4, 0.5) is 0 Å². The Bertz CT molecular complexity index is 678. The molecule has 0 aliphatic carbocycles. The van der Waals surface area contributed by atoms with Gasteiger partial charge in [-0.3, -0.25) is 9.59 Å². The van der Waals surface area contributed by atoms with E-state index in [0.29, 0.717) is 19.5 Å². The van der Waals surface area contributed by atoms with Gasteiger partial charge in [0.2, 0.25) is 11.8 Å². The van der Waals surface area contributed by atoms with Gasteiger partial charge in [0.1, 0.15) is 12.4 Å². The second kappa shape index (κ2) is 8.31. The van der Waals surface area contributed by atoms with Crippen molar-refractivity contribution in [3.8, 4) is 0 Å². The highest BCUT2D eigenvalue weighted by molar-refractivity contribution is 5.81. The van der Waals surface area contributed by atoms with E-state index in [1.165, 1.54) is 6.92 Å². The molecular weight excluding hydrogens is 292 g/mol. The highest BCUT2D eigenvalue weighted by Gasteiger charge is 2.13. The first-order valence-electron chi connectivity index (χ1n) is 8.07. The Kier molecular flexibility index (Phi) is 6.14. The summed E-state index contributed by atoms with van der Waals surface area (Å²) < 4.78 is 1.93. The summed E-state index contributed by atoms with van der Waals surface area (Å²) in [6.07, 6.45) is 2.62. The van der Waals surface area contributed by atoms with Crippen LogP contribution in [0.3, 0.4) is 0 Å². The van der Waals surface area contributed by atoms with E-state index in [1.54, 1.807) is 0 Å². The van der Waals surface area contributed by atoms with Crippen molar-refractivity contribution in [2.75, 3.05) is 13.1 Å². The maximum Gasteiger partial charge on any atom is 0.240 e. The van der Waals surface area contributed by atoms with E-state index >= 15 is 0 Å². The zero-order valence-corrected chi connectivity index (χ0v) is 13.8. The molecule has 0 radical (unpaired) electrons. The van der Waals surface area contributed by atoms with Crippen LogP contribution in [0.15, 0.2) is 24.3 Å². The van der Waals surface area contributed by atoms with Crippen molar-refractivity contribution >= 4 is 22.8 Å². The fourth-order valence-corrected chi connectivity index (χ4v) is 2.45. The zero-order valence-electron chi connectivity index (χ0n) is 13.8. The number of imidazole rings is 1. The molecule has 0 fully saturated rings. The standard InChI is InChI=1S/C17H24N4O2/c1-3-4-10-19-17(23)12-21-15-8-6-5-7-14(15)20-16(21)9-11-18-13(2)22/h5-8H,3-4,9-12H2,1-2H3,(H,18,22)(H,19,23). The third-order valence-corrected chi connectivity index (χ3v) is 3.61. The van der Waals surface area contributed by atoms with Crippen molar-refractivity contribution in [3.05, 3.63) is 30.1 Å². The van der Waals surface area contributed by atoms with E-state index in [2.05, 4.69) is 22.5 Å². The van der Waals surface area contributed by atoms with E-state index < -0.39 is 0 Å². The monoisotopic (exact) mass is 316 g/mol. The van der Waals surface area contributed by atoms with E-state index in [9.17, 15) is 9.59 Å². The molecule has 2 rings (SSSR count). The molecule has 2 N–H and O–H groups in total. The number of unbranched alkanes of at least 4 members (excludes halogenated alkanes) is 1. The van der Waals surface area contributed by atoms with Crippen LogP contribution in [-0.2, 0) is 22.6 Å². The van der Waals surface area contributed by atoms with Crippen LogP contribution in [0.5, 0.6) is 0 Å². The summed E-state index contributed by atoms with van der Waals surface area (Å²) >= 11 is 0. The van der Waals surface area contributed by atoms with Gasteiger partial charge < -0.3 is 15.2 Å². The number of hydrogen-bond donors (Lipinski definition) is 2. The van der Waals surface area contributed by atoms with Crippen LogP contribution in [0, 0.1) is 0 Å². The highest BCUT2D eigenvalue weighted by Crippen LogP contribution is 2.16. The van der Waals surface area contributed by atoms with Crippen molar-refractivity contribution in [3.63, 3.8) is 0 Å². The van der Waals surface area contributed by atoms with Gasteiger partial charge in [-0.15, -0.1) is 0 Å². The van der Waals surface area contributed by atoms with Crippen LogP contribution in [-0.4, -0.2) is 34.5 Å². The summed E-state index contributed by atoms with van der Waals surface area (Å²) in [5, 5.41) is 5.70. The molecule has 0 saturated heterocycles. The zero-order chi connectivity index (χ0) is 16.7. The number of aromatic nitrogens is 2. The first kappa shape index (κ1) is 17.0. The molecule has 0 saturated carbocycles. The maximum absolute atomic E-state index is 12.1. The molecule has 2 amide bonds. The van der Waals surface area contributed by atoms with E-state index in [4.69, 9.17) is 0 Å². The molecule has 1 aromatic heterocycles. The van der Waals surface area contributed by atoms with Gasteiger partial charge in [0.05, 0.1) is 11.0 Å². The van der Waals surface area contributed by atoms with Crippen LogP contribution < -0.4 is 10.6 Å².